The molecular weight excluding hydrogens is 230 g/mol. The van der Waals surface area contributed by atoms with Crippen LogP contribution in [0, 0.1) is 10.1 Å². The number of aromatic nitrogens is 2. The van der Waals surface area contributed by atoms with E-state index in [0.717, 1.165) is 0 Å². The van der Waals surface area contributed by atoms with Gasteiger partial charge in [0.05, 0.1) is 12.7 Å². The molecule has 0 aliphatic carbocycles. The molecule has 1 aromatic heterocycles. The summed E-state index contributed by atoms with van der Waals surface area (Å²) >= 11 is 0. The van der Waals surface area contributed by atoms with E-state index in [1.807, 2.05) is 0 Å². The maximum Gasteiger partial charge on any atom is 0.436 e. The molecule has 2 atom stereocenters. The average Bonchev–Trinajstić information content (AvgIpc) is 2.77. The number of aliphatic hydroxyl groups excluding tert-OH is 2. The van der Waals surface area contributed by atoms with Crippen molar-refractivity contribution in [3.8, 4) is 0 Å². The Morgan fingerprint density at radius 2 is 2.41 bits per heavy atom. The molecular formula is C9H15N3O5. The zero-order valence-corrected chi connectivity index (χ0v) is 9.39. The molecule has 8 nitrogen and oxygen atoms in total. The van der Waals surface area contributed by atoms with Gasteiger partial charge in [-0.25, -0.2) is 4.57 Å². The average molecular weight is 245 g/mol. The van der Waals surface area contributed by atoms with Crippen molar-refractivity contribution in [2.75, 3.05) is 6.61 Å². The first-order chi connectivity index (χ1) is 8.10. The Bertz CT molecular complexity index is 367. The Kier molecular flexibility index (Phi) is 5.01. The number of rotatable bonds is 7. The molecule has 1 aromatic rings. The Hall–Kier alpha value is -1.51. The van der Waals surface area contributed by atoms with Gasteiger partial charge < -0.3 is 25.1 Å². The van der Waals surface area contributed by atoms with Crippen molar-refractivity contribution in [3.63, 3.8) is 0 Å². The topological polar surface area (TPSA) is 111 Å². The second-order valence-corrected chi connectivity index (χ2v) is 3.45. The van der Waals surface area contributed by atoms with Crippen LogP contribution in [-0.4, -0.2) is 43.5 Å². The predicted octanol–water partition coefficient (Wildman–Crippen LogP) is -0.103. The number of nitro groups is 1. The van der Waals surface area contributed by atoms with Crippen molar-refractivity contribution >= 4 is 5.95 Å². The highest BCUT2D eigenvalue weighted by molar-refractivity contribution is 5.05. The maximum atomic E-state index is 10.6. The fraction of sp³-hybridized carbons (Fsp3) is 0.667. The first kappa shape index (κ1) is 13.6. The molecule has 0 aliphatic heterocycles. The summed E-state index contributed by atoms with van der Waals surface area (Å²) in [7, 11) is 0. The Labute approximate surface area is 97.6 Å². The molecule has 17 heavy (non-hydrogen) atoms. The van der Waals surface area contributed by atoms with Gasteiger partial charge in [-0.05, 0) is 11.3 Å². The Morgan fingerprint density at radius 3 is 2.94 bits per heavy atom. The summed E-state index contributed by atoms with van der Waals surface area (Å²) < 4.78 is 6.50. The second kappa shape index (κ2) is 6.28. The SMILES string of the molecule is CCC(OCn1ccnc1[N+](=O)[O-])C(O)CO. The van der Waals surface area contributed by atoms with Crippen LogP contribution in [0.4, 0.5) is 5.95 Å². The summed E-state index contributed by atoms with van der Waals surface area (Å²) in [6.07, 6.45) is 1.63. The standard InChI is InChI=1S/C9H15N3O5/c1-2-8(7(14)5-13)17-6-11-4-3-10-9(11)12(15)16/h3-4,7-8,13-14H,2,5-6H2,1H3. The highest BCUT2D eigenvalue weighted by Gasteiger charge is 2.20. The molecule has 0 saturated heterocycles. The van der Waals surface area contributed by atoms with E-state index in [2.05, 4.69) is 4.98 Å². The molecule has 96 valence electrons. The van der Waals surface area contributed by atoms with E-state index in [4.69, 9.17) is 9.84 Å². The lowest BCUT2D eigenvalue weighted by atomic mass is 10.2. The maximum absolute atomic E-state index is 10.6. The van der Waals surface area contributed by atoms with Crippen LogP contribution < -0.4 is 0 Å². The zero-order chi connectivity index (χ0) is 12.8. The zero-order valence-electron chi connectivity index (χ0n) is 9.39. The van der Waals surface area contributed by atoms with Gasteiger partial charge in [-0.3, -0.25) is 0 Å². The van der Waals surface area contributed by atoms with Crippen molar-refractivity contribution in [2.24, 2.45) is 0 Å². The molecule has 0 radical (unpaired) electrons. The van der Waals surface area contributed by atoms with Crippen LogP contribution in [0.25, 0.3) is 0 Å². The van der Waals surface area contributed by atoms with E-state index in [0.29, 0.717) is 6.42 Å². The third-order valence-electron chi connectivity index (χ3n) is 2.30. The summed E-state index contributed by atoms with van der Waals surface area (Å²) in [5.74, 6) is -0.321. The van der Waals surface area contributed by atoms with Gasteiger partial charge in [0.15, 0.2) is 6.73 Å². The van der Waals surface area contributed by atoms with Crippen LogP contribution in [-0.2, 0) is 11.5 Å². The van der Waals surface area contributed by atoms with Crippen LogP contribution in [0.2, 0.25) is 0 Å². The van der Waals surface area contributed by atoms with Gasteiger partial charge in [-0.15, -0.1) is 0 Å². The van der Waals surface area contributed by atoms with E-state index in [9.17, 15) is 15.2 Å². The van der Waals surface area contributed by atoms with Gasteiger partial charge in [0.25, 0.3) is 0 Å². The first-order valence-corrected chi connectivity index (χ1v) is 5.16. The summed E-state index contributed by atoms with van der Waals surface area (Å²) in [4.78, 5) is 13.5. The normalized spacial score (nSPS) is 14.5. The van der Waals surface area contributed by atoms with Crippen LogP contribution in [0.15, 0.2) is 12.4 Å². The Morgan fingerprint density at radius 1 is 1.71 bits per heavy atom. The summed E-state index contributed by atoms with van der Waals surface area (Å²) in [5.41, 5.74) is 0. The third kappa shape index (κ3) is 3.48. The Balaban J connectivity index is 2.59. The fourth-order valence-electron chi connectivity index (χ4n) is 1.37. The van der Waals surface area contributed by atoms with Crippen molar-refractivity contribution in [1.82, 2.24) is 9.55 Å². The minimum absolute atomic E-state index is 0.0914. The third-order valence-corrected chi connectivity index (χ3v) is 2.30. The highest BCUT2D eigenvalue weighted by atomic mass is 16.6. The predicted molar refractivity (Wildman–Crippen MR) is 57.1 cm³/mol. The minimum atomic E-state index is -0.998. The smallest absolute Gasteiger partial charge is 0.394 e. The summed E-state index contributed by atoms with van der Waals surface area (Å²) in [5, 5.41) is 28.7. The fourth-order valence-corrected chi connectivity index (χ4v) is 1.37. The highest BCUT2D eigenvalue weighted by Crippen LogP contribution is 2.10. The molecule has 1 heterocycles. The number of imidazole rings is 1. The lowest BCUT2D eigenvalue weighted by Crippen LogP contribution is -2.32. The van der Waals surface area contributed by atoms with Gasteiger partial charge >= 0.3 is 5.95 Å². The number of aliphatic hydroxyl groups is 2. The molecule has 0 aliphatic rings. The number of ether oxygens (including phenoxy) is 1. The lowest BCUT2D eigenvalue weighted by Gasteiger charge is -2.19. The molecule has 2 N–H and O–H groups in total. The van der Waals surface area contributed by atoms with Gasteiger partial charge in [0.1, 0.15) is 18.5 Å². The van der Waals surface area contributed by atoms with Crippen molar-refractivity contribution in [1.29, 1.82) is 0 Å². The van der Waals surface area contributed by atoms with Crippen LogP contribution in [0.5, 0.6) is 0 Å². The molecule has 2 unspecified atom stereocenters. The van der Waals surface area contributed by atoms with Crippen molar-refractivity contribution in [3.05, 3.63) is 22.5 Å². The van der Waals surface area contributed by atoms with Crippen LogP contribution in [0.1, 0.15) is 13.3 Å². The van der Waals surface area contributed by atoms with E-state index in [1.54, 1.807) is 6.92 Å². The number of hydrogen-bond acceptors (Lipinski definition) is 6. The van der Waals surface area contributed by atoms with Crippen LogP contribution >= 0.6 is 0 Å². The quantitative estimate of drug-likeness (QED) is 0.512. The molecule has 0 amide bonds. The molecule has 0 fully saturated rings. The largest absolute Gasteiger partial charge is 0.436 e. The minimum Gasteiger partial charge on any atom is -0.394 e. The van der Waals surface area contributed by atoms with Crippen molar-refractivity contribution < 1.29 is 19.9 Å². The monoisotopic (exact) mass is 245 g/mol. The van der Waals surface area contributed by atoms with E-state index < -0.39 is 23.7 Å². The van der Waals surface area contributed by atoms with Gasteiger partial charge in [-0.1, -0.05) is 11.9 Å². The molecule has 0 aromatic carbocycles. The van der Waals surface area contributed by atoms with Crippen molar-refractivity contribution in [2.45, 2.75) is 32.3 Å². The van der Waals surface area contributed by atoms with Crippen LogP contribution in [0.3, 0.4) is 0 Å². The van der Waals surface area contributed by atoms with E-state index in [1.165, 1.54) is 17.0 Å². The molecule has 8 heteroatoms. The lowest BCUT2D eigenvalue weighted by molar-refractivity contribution is -0.397. The van der Waals surface area contributed by atoms with E-state index >= 15 is 0 Å². The van der Waals surface area contributed by atoms with Gasteiger partial charge in [0, 0.05) is 0 Å². The van der Waals surface area contributed by atoms with E-state index in [-0.39, 0.29) is 12.7 Å². The molecule has 0 saturated carbocycles. The molecule has 1 rings (SSSR count). The van der Waals surface area contributed by atoms with Gasteiger partial charge in [-0.2, -0.15) is 0 Å². The number of nitrogens with zero attached hydrogens (tertiary/aromatic N) is 3. The second-order valence-electron chi connectivity index (χ2n) is 3.45. The molecule has 0 bridgehead atoms. The number of hydrogen-bond donors (Lipinski definition) is 2. The summed E-state index contributed by atoms with van der Waals surface area (Å²) in [6, 6.07) is 0. The molecule has 0 spiro atoms. The first-order valence-electron chi connectivity index (χ1n) is 5.16. The van der Waals surface area contributed by atoms with Gasteiger partial charge in [0.2, 0.25) is 0 Å². The summed E-state index contributed by atoms with van der Waals surface area (Å²) in [6.45, 7) is 1.28.